The van der Waals surface area contributed by atoms with Gasteiger partial charge >= 0.3 is 0 Å². The molecule has 0 bridgehead atoms. The maximum atomic E-state index is 12.5. The number of benzene rings is 1. The molecule has 1 fully saturated rings. The lowest BCUT2D eigenvalue weighted by molar-refractivity contribution is -0.135. The predicted octanol–water partition coefficient (Wildman–Crippen LogP) is 0.343. The highest BCUT2D eigenvalue weighted by Gasteiger charge is 2.26. The van der Waals surface area contributed by atoms with Crippen LogP contribution in [0.15, 0.2) is 24.3 Å². The first-order valence-electron chi connectivity index (χ1n) is 8.03. The van der Waals surface area contributed by atoms with Gasteiger partial charge in [0.05, 0.1) is 19.6 Å². The Morgan fingerprint density at radius 1 is 1.08 bits per heavy atom. The average molecular weight is 335 g/mol. The van der Waals surface area contributed by atoms with Crippen LogP contribution in [0.25, 0.3) is 0 Å². The van der Waals surface area contributed by atoms with E-state index in [-0.39, 0.29) is 24.3 Å². The van der Waals surface area contributed by atoms with E-state index in [0.717, 1.165) is 5.75 Å². The Kier molecular flexibility index (Phi) is 6.57. The van der Waals surface area contributed by atoms with Crippen molar-refractivity contribution in [2.75, 3.05) is 46.9 Å². The number of carbonyl (C=O) groups is 2. The van der Waals surface area contributed by atoms with Crippen LogP contribution in [0.2, 0.25) is 0 Å². The quantitative estimate of drug-likeness (QED) is 0.810. The van der Waals surface area contributed by atoms with Crippen LogP contribution in [0.1, 0.15) is 16.8 Å². The minimum Gasteiger partial charge on any atom is -0.497 e. The molecule has 1 saturated heterocycles. The number of hydrogen-bond donors (Lipinski definition) is 1. The van der Waals surface area contributed by atoms with Gasteiger partial charge in [-0.3, -0.25) is 9.59 Å². The summed E-state index contributed by atoms with van der Waals surface area (Å²) in [4.78, 5) is 28.2. The van der Waals surface area contributed by atoms with E-state index in [2.05, 4.69) is 0 Å². The van der Waals surface area contributed by atoms with Crippen molar-refractivity contribution in [1.29, 1.82) is 0 Å². The molecule has 0 aliphatic carbocycles. The van der Waals surface area contributed by atoms with Crippen molar-refractivity contribution in [3.63, 3.8) is 0 Å². The molecule has 1 unspecified atom stereocenters. The summed E-state index contributed by atoms with van der Waals surface area (Å²) in [5.41, 5.74) is 6.17. The summed E-state index contributed by atoms with van der Waals surface area (Å²) in [6.07, 6.45) is 0.0239. The summed E-state index contributed by atoms with van der Waals surface area (Å²) in [5, 5.41) is 0. The number of piperazine rings is 1. The number of ether oxygens (including phenoxy) is 2. The number of rotatable bonds is 6. The molecule has 1 aliphatic rings. The van der Waals surface area contributed by atoms with Gasteiger partial charge in [-0.05, 0) is 24.3 Å². The van der Waals surface area contributed by atoms with Crippen LogP contribution < -0.4 is 10.5 Å². The Morgan fingerprint density at radius 3 is 2.17 bits per heavy atom. The first kappa shape index (κ1) is 18.2. The second-order valence-electron chi connectivity index (χ2n) is 5.70. The lowest BCUT2D eigenvalue weighted by atomic mass is 10.1. The van der Waals surface area contributed by atoms with Crippen LogP contribution in [0, 0.1) is 0 Å². The molecular formula is C17H25N3O4. The van der Waals surface area contributed by atoms with Gasteiger partial charge in [-0.15, -0.1) is 0 Å². The molecule has 1 heterocycles. The molecule has 1 aliphatic heterocycles. The molecule has 0 spiro atoms. The number of nitrogens with two attached hydrogens (primary N) is 1. The van der Waals surface area contributed by atoms with Gasteiger partial charge in [-0.2, -0.15) is 0 Å². The minimum atomic E-state index is -0.253. The molecule has 0 aromatic heterocycles. The van der Waals surface area contributed by atoms with E-state index < -0.39 is 0 Å². The Bertz CT molecular complexity index is 549. The van der Waals surface area contributed by atoms with Crippen LogP contribution in [0.3, 0.4) is 0 Å². The Balaban J connectivity index is 1.87. The fraction of sp³-hybridized carbons (Fsp3) is 0.529. The molecule has 2 rings (SSSR count). The van der Waals surface area contributed by atoms with Gasteiger partial charge < -0.3 is 25.0 Å². The summed E-state index contributed by atoms with van der Waals surface area (Å²) in [6, 6.07) is 7.04. The highest BCUT2D eigenvalue weighted by atomic mass is 16.5. The van der Waals surface area contributed by atoms with Crippen LogP contribution >= 0.6 is 0 Å². The molecule has 1 aromatic rings. The zero-order chi connectivity index (χ0) is 17.5. The van der Waals surface area contributed by atoms with E-state index in [1.165, 1.54) is 0 Å². The van der Waals surface area contributed by atoms with E-state index in [1.807, 2.05) is 0 Å². The van der Waals surface area contributed by atoms with Gasteiger partial charge in [0, 0.05) is 45.4 Å². The van der Waals surface area contributed by atoms with E-state index >= 15 is 0 Å². The van der Waals surface area contributed by atoms with Crippen molar-refractivity contribution < 1.29 is 19.1 Å². The number of methoxy groups -OCH3 is 2. The third-order valence-corrected chi connectivity index (χ3v) is 4.26. The molecule has 24 heavy (non-hydrogen) atoms. The molecule has 7 heteroatoms. The lowest BCUT2D eigenvalue weighted by Gasteiger charge is -2.35. The normalized spacial score (nSPS) is 16.0. The first-order chi connectivity index (χ1) is 11.6. The molecule has 1 aromatic carbocycles. The van der Waals surface area contributed by atoms with Crippen molar-refractivity contribution in [1.82, 2.24) is 9.80 Å². The number of carbonyl (C=O) groups excluding carboxylic acids is 2. The van der Waals surface area contributed by atoms with Crippen molar-refractivity contribution in [2.45, 2.75) is 12.5 Å². The minimum absolute atomic E-state index is 0.0175. The van der Waals surface area contributed by atoms with Crippen LogP contribution in [-0.4, -0.2) is 74.7 Å². The number of nitrogens with zero attached hydrogens (tertiary/aromatic N) is 2. The van der Waals surface area contributed by atoms with Gasteiger partial charge in [-0.1, -0.05) is 0 Å². The van der Waals surface area contributed by atoms with Gasteiger partial charge in [0.25, 0.3) is 5.91 Å². The Morgan fingerprint density at radius 2 is 1.67 bits per heavy atom. The molecule has 2 N–H and O–H groups in total. The highest BCUT2D eigenvalue weighted by Crippen LogP contribution is 2.15. The van der Waals surface area contributed by atoms with Gasteiger partial charge in [-0.25, -0.2) is 0 Å². The van der Waals surface area contributed by atoms with Crippen molar-refractivity contribution in [3.05, 3.63) is 29.8 Å². The molecular weight excluding hydrogens is 310 g/mol. The summed E-state index contributed by atoms with van der Waals surface area (Å²) < 4.78 is 10.2. The maximum absolute atomic E-state index is 12.5. The zero-order valence-electron chi connectivity index (χ0n) is 14.2. The SMILES string of the molecule is COc1ccc(C(=O)N2CCN(C(=O)CC(CN)OC)CC2)cc1. The zero-order valence-corrected chi connectivity index (χ0v) is 14.2. The molecule has 0 radical (unpaired) electrons. The standard InChI is InChI=1S/C17H25N3O4/c1-23-14-5-3-13(4-6-14)17(22)20-9-7-19(8-10-20)16(21)11-15(12-18)24-2/h3-6,15H,7-12,18H2,1-2H3. The average Bonchev–Trinajstić information content (AvgIpc) is 2.65. The molecule has 1 atom stereocenters. The van der Waals surface area contributed by atoms with Crippen LogP contribution in [-0.2, 0) is 9.53 Å². The van der Waals surface area contributed by atoms with Crippen molar-refractivity contribution >= 4 is 11.8 Å². The maximum Gasteiger partial charge on any atom is 0.253 e. The Hall–Kier alpha value is -2.12. The highest BCUT2D eigenvalue weighted by molar-refractivity contribution is 5.94. The molecule has 0 saturated carbocycles. The molecule has 7 nitrogen and oxygen atoms in total. The fourth-order valence-corrected chi connectivity index (χ4v) is 2.66. The molecule has 2 amide bonds. The second-order valence-corrected chi connectivity index (χ2v) is 5.70. The van der Waals surface area contributed by atoms with Crippen LogP contribution in [0.5, 0.6) is 5.75 Å². The number of amides is 2. The smallest absolute Gasteiger partial charge is 0.253 e. The Labute approximate surface area is 142 Å². The predicted molar refractivity (Wildman–Crippen MR) is 89.9 cm³/mol. The van der Waals surface area contributed by atoms with E-state index in [4.69, 9.17) is 15.2 Å². The second kappa shape index (κ2) is 8.65. The summed E-state index contributed by atoms with van der Waals surface area (Å²) in [6.45, 7) is 2.43. The summed E-state index contributed by atoms with van der Waals surface area (Å²) in [5.74, 6) is 0.708. The lowest BCUT2D eigenvalue weighted by Crippen LogP contribution is -2.51. The van der Waals surface area contributed by atoms with E-state index in [1.54, 1.807) is 48.3 Å². The first-order valence-corrected chi connectivity index (χ1v) is 8.03. The van der Waals surface area contributed by atoms with Crippen molar-refractivity contribution in [3.8, 4) is 5.75 Å². The monoisotopic (exact) mass is 335 g/mol. The van der Waals surface area contributed by atoms with E-state index in [9.17, 15) is 9.59 Å². The third kappa shape index (κ3) is 4.46. The summed E-state index contributed by atoms with van der Waals surface area (Å²) >= 11 is 0. The largest absolute Gasteiger partial charge is 0.497 e. The molecule has 132 valence electrons. The van der Waals surface area contributed by atoms with Gasteiger partial charge in [0.1, 0.15) is 5.75 Å². The fourth-order valence-electron chi connectivity index (χ4n) is 2.66. The van der Waals surface area contributed by atoms with Crippen LogP contribution in [0.4, 0.5) is 0 Å². The van der Waals surface area contributed by atoms with Gasteiger partial charge in [0.2, 0.25) is 5.91 Å². The topological polar surface area (TPSA) is 85.1 Å². The third-order valence-electron chi connectivity index (χ3n) is 4.26. The van der Waals surface area contributed by atoms with Gasteiger partial charge in [0.15, 0.2) is 0 Å². The van der Waals surface area contributed by atoms with E-state index in [0.29, 0.717) is 38.3 Å². The summed E-state index contributed by atoms with van der Waals surface area (Å²) in [7, 11) is 3.14. The number of hydrogen-bond acceptors (Lipinski definition) is 5. The van der Waals surface area contributed by atoms with Crippen molar-refractivity contribution in [2.24, 2.45) is 5.73 Å².